The van der Waals surface area contributed by atoms with Gasteiger partial charge in [0.2, 0.25) is 0 Å². The molecule has 0 bridgehead atoms. The Kier molecular flexibility index (Phi) is 5.52. The minimum absolute atomic E-state index is 0.244. The lowest BCUT2D eigenvalue weighted by atomic mass is 10.1. The third-order valence-corrected chi connectivity index (χ3v) is 3.43. The molecule has 0 aliphatic heterocycles. The number of esters is 1. The summed E-state index contributed by atoms with van der Waals surface area (Å²) in [7, 11) is 0. The normalized spacial score (nSPS) is 10.2. The molecule has 4 nitrogen and oxygen atoms in total. The minimum atomic E-state index is -0.481. The first-order valence-electron chi connectivity index (χ1n) is 7.51. The molecule has 2 aromatic carbocycles. The average Bonchev–Trinajstić information content (AvgIpc) is 2.55. The van der Waals surface area contributed by atoms with E-state index >= 15 is 0 Å². The molecule has 0 aromatic heterocycles. The fourth-order valence-electron chi connectivity index (χ4n) is 2.15. The van der Waals surface area contributed by atoms with Crippen LogP contribution in [0.15, 0.2) is 42.5 Å². The van der Waals surface area contributed by atoms with Crippen molar-refractivity contribution < 1.29 is 19.1 Å². The summed E-state index contributed by atoms with van der Waals surface area (Å²) in [6.45, 7) is 5.93. The van der Waals surface area contributed by atoms with Crippen molar-refractivity contribution in [2.75, 3.05) is 13.2 Å². The molecule has 0 heterocycles. The molecule has 0 N–H and O–H groups in total. The van der Waals surface area contributed by atoms with E-state index in [1.165, 1.54) is 0 Å². The lowest BCUT2D eigenvalue weighted by molar-refractivity contribution is 0.0474. The summed E-state index contributed by atoms with van der Waals surface area (Å²) in [5, 5.41) is 0. The number of Topliss-reactive ketones (excluding diaryl/α,β-unsaturated/α-hetero) is 1. The molecule has 0 radical (unpaired) electrons. The molecule has 23 heavy (non-hydrogen) atoms. The van der Waals surface area contributed by atoms with E-state index in [1.807, 2.05) is 32.9 Å². The first-order chi connectivity index (χ1) is 11.0. The summed E-state index contributed by atoms with van der Waals surface area (Å²) in [5.41, 5.74) is 2.78. The second kappa shape index (κ2) is 7.58. The van der Waals surface area contributed by atoms with Gasteiger partial charge < -0.3 is 9.47 Å². The maximum atomic E-state index is 12.1. The number of ketones is 1. The first kappa shape index (κ1) is 16.7. The van der Waals surface area contributed by atoms with Crippen LogP contribution in [0.5, 0.6) is 5.75 Å². The fraction of sp³-hybridized carbons (Fsp3) is 0.263. The lowest BCUT2D eigenvalue weighted by Gasteiger charge is -2.08. The second-order valence-corrected chi connectivity index (χ2v) is 5.28. The predicted octanol–water partition coefficient (Wildman–Crippen LogP) is 3.74. The number of carbonyl (C=O) groups excluding carboxylic acids is 2. The fourth-order valence-corrected chi connectivity index (χ4v) is 2.15. The number of ether oxygens (including phenoxy) is 2. The molecule has 0 atom stereocenters. The molecule has 2 rings (SSSR count). The summed E-state index contributed by atoms with van der Waals surface area (Å²) in [6, 6.07) is 12.3. The van der Waals surface area contributed by atoms with Gasteiger partial charge in [-0.2, -0.15) is 0 Å². The first-order valence-corrected chi connectivity index (χ1v) is 7.51. The van der Waals surface area contributed by atoms with Crippen LogP contribution in [0.2, 0.25) is 0 Å². The maximum Gasteiger partial charge on any atom is 0.338 e. The van der Waals surface area contributed by atoms with Gasteiger partial charge in [0, 0.05) is 5.56 Å². The zero-order valence-corrected chi connectivity index (χ0v) is 13.6. The summed E-state index contributed by atoms with van der Waals surface area (Å²) in [5.74, 6) is -0.0198. The van der Waals surface area contributed by atoms with Crippen LogP contribution in [0.1, 0.15) is 38.8 Å². The zero-order valence-electron chi connectivity index (χ0n) is 13.6. The van der Waals surface area contributed by atoms with Gasteiger partial charge in [0.25, 0.3) is 0 Å². The molecule has 0 saturated heterocycles. The van der Waals surface area contributed by atoms with Crippen LogP contribution in [-0.4, -0.2) is 25.0 Å². The Morgan fingerprint density at radius 3 is 2.35 bits per heavy atom. The van der Waals surface area contributed by atoms with E-state index in [2.05, 4.69) is 0 Å². The van der Waals surface area contributed by atoms with Gasteiger partial charge >= 0.3 is 5.97 Å². The van der Waals surface area contributed by atoms with Crippen molar-refractivity contribution in [1.29, 1.82) is 0 Å². The molecule has 0 unspecified atom stereocenters. The molecular formula is C19H20O4. The van der Waals surface area contributed by atoms with Crippen LogP contribution < -0.4 is 4.74 Å². The topological polar surface area (TPSA) is 52.6 Å². The van der Waals surface area contributed by atoms with E-state index in [0.29, 0.717) is 23.5 Å². The number of aryl methyl sites for hydroxylation is 2. The van der Waals surface area contributed by atoms with E-state index in [-0.39, 0.29) is 12.4 Å². The number of rotatable bonds is 6. The highest BCUT2D eigenvalue weighted by molar-refractivity contribution is 5.99. The van der Waals surface area contributed by atoms with Crippen molar-refractivity contribution in [2.24, 2.45) is 0 Å². The molecule has 0 saturated carbocycles. The monoisotopic (exact) mass is 312 g/mol. The zero-order chi connectivity index (χ0) is 16.8. The number of hydrogen-bond acceptors (Lipinski definition) is 4. The van der Waals surface area contributed by atoms with E-state index in [4.69, 9.17) is 9.47 Å². The highest BCUT2D eigenvalue weighted by Gasteiger charge is 2.14. The standard InChI is InChI=1S/C19H20O4/c1-4-22-16-9-7-15(8-10-16)18(20)12-23-19(21)17-11-13(2)5-6-14(17)3/h5-11H,4,12H2,1-3H3. The summed E-state index contributed by atoms with van der Waals surface area (Å²) < 4.78 is 10.5. The van der Waals surface area contributed by atoms with Gasteiger partial charge in [0.05, 0.1) is 12.2 Å². The van der Waals surface area contributed by atoms with Crippen LogP contribution in [0.4, 0.5) is 0 Å². The quantitative estimate of drug-likeness (QED) is 0.602. The molecule has 4 heteroatoms. The van der Waals surface area contributed by atoms with Crippen molar-refractivity contribution in [1.82, 2.24) is 0 Å². The smallest absolute Gasteiger partial charge is 0.338 e. The Hall–Kier alpha value is -2.62. The Bertz CT molecular complexity index is 702. The Morgan fingerprint density at radius 1 is 1.00 bits per heavy atom. The Labute approximate surface area is 136 Å². The van der Waals surface area contributed by atoms with Crippen LogP contribution in [0.25, 0.3) is 0 Å². The predicted molar refractivity (Wildman–Crippen MR) is 88.1 cm³/mol. The number of carbonyl (C=O) groups is 2. The highest BCUT2D eigenvalue weighted by atomic mass is 16.5. The molecule has 0 amide bonds. The molecule has 0 fully saturated rings. The van der Waals surface area contributed by atoms with Crippen LogP contribution >= 0.6 is 0 Å². The van der Waals surface area contributed by atoms with Crippen molar-refractivity contribution in [3.05, 3.63) is 64.7 Å². The maximum absolute atomic E-state index is 12.1. The number of benzene rings is 2. The molecule has 120 valence electrons. The van der Waals surface area contributed by atoms with Crippen molar-refractivity contribution in [2.45, 2.75) is 20.8 Å². The van der Waals surface area contributed by atoms with Gasteiger partial charge in [-0.05, 0) is 56.7 Å². The van der Waals surface area contributed by atoms with Crippen LogP contribution in [0, 0.1) is 13.8 Å². The molecule has 0 spiro atoms. The van der Waals surface area contributed by atoms with Crippen LogP contribution in [0.3, 0.4) is 0 Å². The van der Waals surface area contributed by atoms with E-state index < -0.39 is 5.97 Å². The average molecular weight is 312 g/mol. The lowest BCUT2D eigenvalue weighted by Crippen LogP contribution is -2.15. The van der Waals surface area contributed by atoms with E-state index in [1.54, 1.807) is 30.3 Å². The second-order valence-electron chi connectivity index (χ2n) is 5.28. The summed E-state index contributed by atoms with van der Waals surface area (Å²) >= 11 is 0. The van der Waals surface area contributed by atoms with Gasteiger partial charge in [0.1, 0.15) is 5.75 Å². The molecule has 0 aliphatic rings. The molecule has 0 aliphatic carbocycles. The third kappa shape index (κ3) is 4.42. The largest absolute Gasteiger partial charge is 0.494 e. The Morgan fingerprint density at radius 2 is 1.70 bits per heavy atom. The minimum Gasteiger partial charge on any atom is -0.494 e. The van der Waals surface area contributed by atoms with Crippen molar-refractivity contribution >= 4 is 11.8 Å². The van der Waals surface area contributed by atoms with Crippen molar-refractivity contribution in [3.8, 4) is 5.75 Å². The SMILES string of the molecule is CCOc1ccc(C(=O)COC(=O)c2cc(C)ccc2C)cc1. The van der Waals surface area contributed by atoms with E-state index in [0.717, 1.165) is 11.1 Å². The highest BCUT2D eigenvalue weighted by Crippen LogP contribution is 2.14. The number of hydrogen-bond donors (Lipinski definition) is 0. The summed E-state index contributed by atoms with van der Waals surface area (Å²) in [6.07, 6.45) is 0. The van der Waals surface area contributed by atoms with Gasteiger partial charge in [-0.1, -0.05) is 17.7 Å². The molecular weight excluding hydrogens is 292 g/mol. The van der Waals surface area contributed by atoms with E-state index in [9.17, 15) is 9.59 Å². The van der Waals surface area contributed by atoms with Gasteiger partial charge in [-0.3, -0.25) is 4.79 Å². The summed E-state index contributed by atoms with van der Waals surface area (Å²) in [4.78, 5) is 24.2. The van der Waals surface area contributed by atoms with Crippen LogP contribution in [-0.2, 0) is 4.74 Å². The Balaban J connectivity index is 1.98. The van der Waals surface area contributed by atoms with Crippen molar-refractivity contribution in [3.63, 3.8) is 0 Å². The molecule has 2 aromatic rings. The van der Waals surface area contributed by atoms with Gasteiger partial charge in [-0.15, -0.1) is 0 Å². The third-order valence-electron chi connectivity index (χ3n) is 3.43. The van der Waals surface area contributed by atoms with Gasteiger partial charge in [-0.25, -0.2) is 4.79 Å². The van der Waals surface area contributed by atoms with Gasteiger partial charge in [0.15, 0.2) is 12.4 Å².